The van der Waals surface area contributed by atoms with E-state index in [0.29, 0.717) is 5.92 Å². The Morgan fingerprint density at radius 2 is 1.80 bits per heavy atom. The van der Waals surface area contributed by atoms with Gasteiger partial charge in [0.2, 0.25) is 0 Å². The highest BCUT2D eigenvalue weighted by Gasteiger charge is 2.35. The smallest absolute Gasteiger partial charge is 0.0426 e. The van der Waals surface area contributed by atoms with Crippen molar-refractivity contribution in [2.24, 2.45) is 23.5 Å². The van der Waals surface area contributed by atoms with E-state index in [0.717, 1.165) is 36.7 Å². The van der Waals surface area contributed by atoms with Crippen molar-refractivity contribution in [1.82, 2.24) is 0 Å². The summed E-state index contributed by atoms with van der Waals surface area (Å²) >= 11 is 0. The summed E-state index contributed by atoms with van der Waals surface area (Å²) in [6.45, 7) is 17.3. The van der Waals surface area contributed by atoms with Crippen molar-refractivity contribution in [3.05, 3.63) is 24.3 Å². The van der Waals surface area contributed by atoms with Gasteiger partial charge in [0, 0.05) is 11.5 Å². The lowest BCUT2D eigenvalue weighted by molar-refractivity contribution is 0.157. The maximum Gasteiger partial charge on any atom is 0.0426 e. The summed E-state index contributed by atoms with van der Waals surface area (Å²) in [6.07, 6.45) is 8.67. The van der Waals surface area contributed by atoms with Gasteiger partial charge in [0.1, 0.15) is 0 Å². The Morgan fingerprint density at radius 3 is 2.15 bits per heavy atom. The minimum atomic E-state index is -0.268. The lowest BCUT2D eigenvalue weighted by Crippen LogP contribution is -2.48. The molecule has 116 valence electrons. The maximum absolute atomic E-state index is 6.64. The summed E-state index contributed by atoms with van der Waals surface area (Å²) < 4.78 is 0. The van der Waals surface area contributed by atoms with Gasteiger partial charge in [-0.1, -0.05) is 51.5 Å². The first-order valence-electron chi connectivity index (χ1n) is 8.53. The van der Waals surface area contributed by atoms with E-state index < -0.39 is 0 Å². The molecule has 0 aromatic rings. The Morgan fingerprint density at radius 1 is 1.20 bits per heavy atom. The van der Waals surface area contributed by atoms with Crippen molar-refractivity contribution in [3.63, 3.8) is 0 Å². The Hall–Kier alpha value is -0.560. The second-order valence-electron chi connectivity index (χ2n) is 6.84. The summed E-state index contributed by atoms with van der Waals surface area (Å²) in [4.78, 5) is 0. The largest absolute Gasteiger partial charge is 0.321 e. The van der Waals surface area contributed by atoms with Gasteiger partial charge in [0.15, 0.2) is 0 Å². The topological polar surface area (TPSA) is 26.0 Å². The average Bonchev–Trinajstić information content (AvgIpc) is 2.38. The molecule has 1 nitrogen and oxygen atoms in total. The fourth-order valence-electron chi connectivity index (χ4n) is 3.96. The molecule has 1 aliphatic carbocycles. The molecule has 1 heteroatoms. The molecule has 0 aromatic carbocycles. The molecular weight excluding hydrogens is 242 g/mol. The van der Waals surface area contributed by atoms with Crippen LogP contribution in [0.3, 0.4) is 0 Å². The van der Waals surface area contributed by atoms with Crippen LogP contribution in [0.5, 0.6) is 0 Å². The zero-order valence-corrected chi connectivity index (χ0v) is 14.2. The third kappa shape index (κ3) is 3.55. The SMILES string of the molecule is C=C(CC[C@H]1CCC1CC)C(CC)C(N)(CC)C(=C)C. The lowest BCUT2D eigenvalue weighted by atomic mass is 9.67. The Bertz CT molecular complexity index is 342. The molecule has 4 atom stereocenters. The third-order valence-corrected chi connectivity index (χ3v) is 5.84. The molecule has 1 fully saturated rings. The molecule has 1 rings (SSSR count). The van der Waals surface area contributed by atoms with Crippen molar-refractivity contribution in [3.8, 4) is 0 Å². The second-order valence-corrected chi connectivity index (χ2v) is 6.84. The van der Waals surface area contributed by atoms with E-state index in [1.807, 2.05) is 0 Å². The fraction of sp³-hybridized carbons (Fsp3) is 0.789. The van der Waals surface area contributed by atoms with Gasteiger partial charge in [0.25, 0.3) is 0 Å². The first kappa shape index (κ1) is 17.5. The van der Waals surface area contributed by atoms with Gasteiger partial charge in [-0.05, 0) is 57.3 Å². The highest BCUT2D eigenvalue weighted by atomic mass is 14.8. The van der Waals surface area contributed by atoms with Gasteiger partial charge in [-0.3, -0.25) is 0 Å². The minimum Gasteiger partial charge on any atom is -0.321 e. The van der Waals surface area contributed by atoms with Crippen LogP contribution in [0.1, 0.15) is 72.6 Å². The van der Waals surface area contributed by atoms with E-state index in [9.17, 15) is 0 Å². The molecule has 0 radical (unpaired) electrons. The van der Waals surface area contributed by atoms with Crippen molar-refractivity contribution in [1.29, 1.82) is 0 Å². The monoisotopic (exact) mass is 277 g/mol. The highest BCUT2D eigenvalue weighted by molar-refractivity contribution is 5.22. The maximum atomic E-state index is 6.64. The first-order chi connectivity index (χ1) is 9.40. The molecule has 0 amide bonds. The molecule has 1 aliphatic rings. The minimum absolute atomic E-state index is 0.268. The summed E-state index contributed by atoms with van der Waals surface area (Å²) in [5, 5.41) is 0. The summed E-state index contributed by atoms with van der Waals surface area (Å²) in [6, 6.07) is 0. The Kier molecular flexibility index (Phi) is 6.51. The van der Waals surface area contributed by atoms with E-state index >= 15 is 0 Å². The van der Waals surface area contributed by atoms with Crippen molar-refractivity contribution in [2.75, 3.05) is 0 Å². The fourth-order valence-corrected chi connectivity index (χ4v) is 3.96. The van der Waals surface area contributed by atoms with Crippen LogP contribution >= 0.6 is 0 Å². The first-order valence-corrected chi connectivity index (χ1v) is 8.53. The van der Waals surface area contributed by atoms with Gasteiger partial charge < -0.3 is 5.73 Å². The number of rotatable bonds is 9. The van der Waals surface area contributed by atoms with E-state index in [4.69, 9.17) is 5.73 Å². The van der Waals surface area contributed by atoms with Gasteiger partial charge in [0.05, 0.1) is 0 Å². The molecule has 0 heterocycles. The predicted octanol–water partition coefficient (Wildman–Crippen LogP) is 5.47. The summed E-state index contributed by atoms with van der Waals surface area (Å²) in [5.41, 5.74) is 8.82. The van der Waals surface area contributed by atoms with Crippen LogP contribution in [0.4, 0.5) is 0 Å². The molecule has 0 aliphatic heterocycles. The van der Waals surface area contributed by atoms with Gasteiger partial charge in [-0.2, -0.15) is 0 Å². The van der Waals surface area contributed by atoms with Crippen molar-refractivity contribution >= 4 is 0 Å². The van der Waals surface area contributed by atoms with Crippen LogP contribution in [-0.4, -0.2) is 5.54 Å². The second kappa shape index (κ2) is 7.45. The quantitative estimate of drug-likeness (QED) is 0.556. The zero-order valence-electron chi connectivity index (χ0n) is 14.2. The Balaban J connectivity index is 2.61. The summed E-state index contributed by atoms with van der Waals surface area (Å²) in [7, 11) is 0. The van der Waals surface area contributed by atoms with E-state index in [-0.39, 0.29) is 5.54 Å². The van der Waals surface area contributed by atoms with Crippen LogP contribution in [0, 0.1) is 17.8 Å². The Labute approximate surface area is 126 Å². The molecular formula is C19H35N. The van der Waals surface area contributed by atoms with Crippen LogP contribution in [0.2, 0.25) is 0 Å². The van der Waals surface area contributed by atoms with Gasteiger partial charge in [-0.15, -0.1) is 0 Å². The molecule has 1 saturated carbocycles. The van der Waals surface area contributed by atoms with Crippen LogP contribution in [0.15, 0.2) is 24.3 Å². The average molecular weight is 277 g/mol. The van der Waals surface area contributed by atoms with Crippen molar-refractivity contribution in [2.45, 2.75) is 78.2 Å². The molecule has 3 unspecified atom stereocenters. The normalized spacial score (nSPS) is 26.4. The van der Waals surface area contributed by atoms with E-state index in [2.05, 4.69) is 40.9 Å². The van der Waals surface area contributed by atoms with Crippen molar-refractivity contribution < 1.29 is 0 Å². The number of hydrogen-bond acceptors (Lipinski definition) is 1. The van der Waals surface area contributed by atoms with Crippen LogP contribution in [-0.2, 0) is 0 Å². The molecule has 2 N–H and O–H groups in total. The number of hydrogen-bond donors (Lipinski definition) is 1. The van der Waals surface area contributed by atoms with E-state index in [1.54, 1.807) is 0 Å². The molecule has 0 spiro atoms. The zero-order chi connectivity index (χ0) is 15.3. The predicted molar refractivity (Wildman–Crippen MR) is 90.7 cm³/mol. The van der Waals surface area contributed by atoms with Gasteiger partial charge in [-0.25, -0.2) is 0 Å². The van der Waals surface area contributed by atoms with Crippen LogP contribution < -0.4 is 5.73 Å². The molecule has 20 heavy (non-hydrogen) atoms. The highest BCUT2D eigenvalue weighted by Crippen LogP contribution is 2.42. The standard InChI is InChI=1S/C19H35N/c1-7-16-12-13-17(16)11-10-15(6)18(8-2)19(20,9-3)14(4)5/h16-18H,4,6-13,20H2,1-3,5H3/t16?,17-,18?,19?/m0/s1. The third-order valence-electron chi connectivity index (χ3n) is 5.84. The molecule has 0 bridgehead atoms. The van der Waals surface area contributed by atoms with E-state index in [1.165, 1.54) is 31.3 Å². The van der Waals surface area contributed by atoms with Crippen LogP contribution in [0.25, 0.3) is 0 Å². The number of nitrogens with two attached hydrogens (primary N) is 1. The van der Waals surface area contributed by atoms with Gasteiger partial charge >= 0.3 is 0 Å². The molecule has 0 saturated heterocycles. The summed E-state index contributed by atoms with van der Waals surface area (Å²) in [5.74, 6) is 2.29. The molecule has 0 aromatic heterocycles. The lowest BCUT2D eigenvalue weighted by Gasteiger charge is -2.40.